The fourth-order valence-electron chi connectivity index (χ4n) is 2.57. The standard InChI is InChI=1S/C20H27ClN4O3S.HI/c1-22-20(23-12-11-17-5-3-4-6-19(17)21)24-15-16-7-9-18(10-8-16)29(26,27)25-13-14-28-2;/h3-10,25H,11-15H2,1-2H3,(H2,22,23,24);1H. The van der Waals surface area contributed by atoms with Gasteiger partial charge in [-0.2, -0.15) is 0 Å². The lowest BCUT2D eigenvalue weighted by Crippen LogP contribution is -2.37. The van der Waals surface area contributed by atoms with Gasteiger partial charge >= 0.3 is 0 Å². The van der Waals surface area contributed by atoms with E-state index in [9.17, 15) is 8.42 Å². The Balaban J connectivity index is 0.00000450. The molecule has 0 atom stereocenters. The van der Waals surface area contributed by atoms with Gasteiger partial charge in [-0.1, -0.05) is 41.9 Å². The summed E-state index contributed by atoms with van der Waals surface area (Å²) < 4.78 is 31.7. The summed E-state index contributed by atoms with van der Waals surface area (Å²) in [4.78, 5) is 4.42. The number of guanidine groups is 1. The molecule has 0 saturated heterocycles. The fourth-order valence-corrected chi connectivity index (χ4v) is 3.81. The van der Waals surface area contributed by atoms with Crippen molar-refractivity contribution in [2.45, 2.75) is 17.9 Å². The molecule has 0 saturated carbocycles. The maximum atomic E-state index is 12.2. The van der Waals surface area contributed by atoms with Gasteiger partial charge in [-0.25, -0.2) is 13.1 Å². The minimum Gasteiger partial charge on any atom is -0.383 e. The number of aliphatic imine (C=N–C) groups is 1. The van der Waals surface area contributed by atoms with E-state index in [-0.39, 0.29) is 35.4 Å². The van der Waals surface area contributed by atoms with Crippen LogP contribution in [0.25, 0.3) is 0 Å². The molecule has 0 aromatic heterocycles. The van der Waals surface area contributed by atoms with Gasteiger partial charge in [-0.05, 0) is 35.7 Å². The lowest BCUT2D eigenvalue weighted by molar-refractivity contribution is 0.204. The van der Waals surface area contributed by atoms with E-state index in [4.69, 9.17) is 16.3 Å². The van der Waals surface area contributed by atoms with E-state index in [0.29, 0.717) is 25.7 Å². The summed E-state index contributed by atoms with van der Waals surface area (Å²) in [5.74, 6) is 0.662. The molecule has 10 heteroatoms. The highest BCUT2D eigenvalue weighted by Gasteiger charge is 2.12. The molecule has 30 heavy (non-hydrogen) atoms. The lowest BCUT2D eigenvalue weighted by atomic mass is 10.1. The Kier molecular flexibility index (Phi) is 12.3. The summed E-state index contributed by atoms with van der Waals surface area (Å²) in [6, 6.07) is 14.5. The molecular formula is C20H28ClIN4O3S. The van der Waals surface area contributed by atoms with Crippen molar-refractivity contribution in [3.05, 3.63) is 64.7 Å². The van der Waals surface area contributed by atoms with Crippen molar-refractivity contribution < 1.29 is 13.2 Å². The van der Waals surface area contributed by atoms with Crippen LogP contribution < -0.4 is 15.4 Å². The number of rotatable bonds is 10. The first-order chi connectivity index (χ1) is 14.0. The van der Waals surface area contributed by atoms with Crippen LogP contribution in [0.2, 0.25) is 5.02 Å². The Labute approximate surface area is 200 Å². The van der Waals surface area contributed by atoms with Crippen LogP contribution in [0.3, 0.4) is 0 Å². The minimum atomic E-state index is -3.52. The fraction of sp³-hybridized carbons (Fsp3) is 0.350. The molecule has 2 aromatic rings. The van der Waals surface area contributed by atoms with Crippen LogP contribution in [0, 0.1) is 0 Å². The Morgan fingerprint density at radius 3 is 2.40 bits per heavy atom. The van der Waals surface area contributed by atoms with Crippen molar-refractivity contribution in [2.24, 2.45) is 4.99 Å². The maximum absolute atomic E-state index is 12.2. The van der Waals surface area contributed by atoms with Crippen LogP contribution >= 0.6 is 35.6 Å². The number of nitrogens with zero attached hydrogens (tertiary/aromatic N) is 1. The first-order valence-corrected chi connectivity index (χ1v) is 11.1. The zero-order valence-corrected chi connectivity index (χ0v) is 20.9. The van der Waals surface area contributed by atoms with E-state index < -0.39 is 10.0 Å². The van der Waals surface area contributed by atoms with Gasteiger partial charge in [0.15, 0.2) is 5.96 Å². The van der Waals surface area contributed by atoms with Crippen molar-refractivity contribution in [3.63, 3.8) is 0 Å². The number of nitrogens with one attached hydrogen (secondary N) is 3. The van der Waals surface area contributed by atoms with Gasteiger partial charge in [0.05, 0.1) is 11.5 Å². The van der Waals surface area contributed by atoms with E-state index in [1.54, 1.807) is 31.3 Å². The van der Waals surface area contributed by atoms with Crippen LogP contribution in [0.1, 0.15) is 11.1 Å². The molecule has 0 fully saturated rings. The smallest absolute Gasteiger partial charge is 0.240 e. The lowest BCUT2D eigenvalue weighted by Gasteiger charge is -2.13. The number of benzene rings is 2. The first-order valence-electron chi connectivity index (χ1n) is 9.21. The van der Waals surface area contributed by atoms with Gasteiger partial charge in [0.1, 0.15) is 0 Å². The van der Waals surface area contributed by atoms with Crippen LogP contribution in [-0.2, 0) is 27.7 Å². The molecule has 2 aromatic carbocycles. The van der Waals surface area contributed by atoms with Crippen molar-refractivity contribution in [2.75, 3.05) is 33.9 Å². The summed E-state index contributed by atoms with van der Waals surface area (Å²) in [6.45, 7) is 1.76. The van der Waals surface area contributed by atoms with Crippen molar-refractivity contribution in [3.8, 4) is 0 Å². The van der Waals surface area contributed by atoms with Crippen molar-refractivity contribution >= 4 is 51.6 Å². The minimum absolute atomic E-state index is 0. The molecule has 3 N–H and O–H groups in total. The van der Waals surface area contributed by atoms with Crippen LogP contribution in [0.15, 0.2) is 58.4 Å². The number of ether oxygens (including phenoxy) is 1. The summed E-state index contributed by atoms with van der Waals surface area (Å²) >= 11 is 6.17. The normalized spacial score (nSPS) is 11.6. The molecule has 166 valence electrons. The van der Waals surface area contributed by atoms with Gasteiger partial charge in [-0.3, -0.25) is 4.99 Å². The number of methoxy groups -OCH3 is 1. The van der Waals surface area contributed by atoms with Gasteiger partial charge in [-0.15, -0.1) is 24.0 Å². The summed E-state index contributed by atoms with van der Waals surface area (Å²) in [5.41, 5.74) is 2.02. The quantitative estimate of drug-likeness (QED) is 0.178. The molecule has 0 spiro atoms. The predicted molar refractivity (Wildman–Crippen MR) is 132 cm³/mol. The number of sulfonamides is 1. The van der Waals surface area contributed by atoms with Gasteiger partial charge in [0.25, 0.3) is 0 Å². The average molecular weight is 567 g/mol. The van der Waals surface area contributed by atoms with E-state index in [1.807, 2.05) is 24.3 Å². The van der Waals surface area contributed by atoms with E-state index >= 15 is 0 Å². The highest BCUT2D eigenvalue weighted by atomic mass is 127. The maximum Gasteiger partial charge on any atom is 0.240 e. The van der Waals surface area contributed by atoms with Crippen LogP contribution in [0.4, 0.5) is 0 Å². The van der Waals surface area contributed by atoms with Crippen molar-refractivity contribution in [1.29, 1.82) is 0 Å². The second-order valence-corrected chi connectivity index (χ2v) is 8.40. The Hall–Kier alpha value is -1.40. The Morgan fingerprint density at radius 1 is 1.07 bits per heavy atom. The molecule has 0 amide bonds. The summed E-state index contributed by atoms with van der Waals surface area (Å²) in [7, 11) is -0.300. The summed E-state index contributed by atoms with van der Waals surface area (Å²) in [5, 5.41) is 7.21. The van der Waals surface area contributed by atoms with Gasteiger partial charge < -0.3 is 15.4 Å². The molecule has 0 aliphatic carbocycles. The molecule has 7 nitrogen and oxygen atoms in total. The van der Waals surface area contributed by atoms with E-state index in [0.717, 1.165) is 22.6 Å². The SMILES string of the molecule is CN=C(NCCc1ccccc1Cl)NCc1ccc(S(=O)(=O)NCCOC)cc1.I. The second-order valence-electron chi connectivity index (χ2n) is 6.23. The highest BCUT2D eigenvalue weighted by Crippen LogP contribution is 2.14. The Morgan fingerprint density at radius 2 is 1.77 bits per heavy atom. The van der Waals surface area contributed by atoms with Gasteiger partial charge in [0.2, 0.25) is 10.0 Å². The largest absolute Gasteiger partial charge is 0.383 e. The number of hydrogen-bond donors (Lipinski definition) is 3. The zero-order chi connectivity index (χ0) is 21.1. The van der Waals surface area contributed by atoms with E-state index in [2.05, 4.69) is 20.3 Å². The zero-order valence-electron chi connectivity index (χ0n) is 17.0. The molecule has 0 bridgehead atoms. The van der Waals surface area contributed by atoms with E-state index in [1.165, 1.54) is 7.11 Å². The molecule has 0 radical (unpaired) electrons. The highest BCUT2D eigenvalue weighted by molar-refractivity contribution is 14.0. The topological polar surface area (TPSA) is 91.8 Å². The number of halogens is 2. The first kappa shape index (κ1) is 26.6. The third-order valence-corrected chi connectivity index (χ3v) is 6.01. The average Bonchev–Trinajstić information content (AvgIpc) is 2.72. The monoisotopic (exact) mass is 566 g/mol. The molecule has 2 rings (SSSR count). The van der Waals surface area contributed by atoms with Gasteiger partial charge in [0, 0.05) is 38.8 Å². The molecule has 0 aliphatic heterocycles. The molecule has 0 aliphatic rings. The third-order valence-electron chi connectivity index (χ3n) is 4.16. The molecule has 0 heterocycles. The van der Waals surface area contributed by atoms with Crippen molar-refractivity contribution in [1.82, 2.24) is 15.4 Å². The predicted octanol–water partition coefficient (Wildman–Crippen LogP) is 2.79. The second kappa shape index (κ2) is 13.8. The number of hydrogen-bond acceptors (Lipinski definition) is 4. The summed E-state index contributed by atoms with van der Waals surface area (Å²) in [6.07, 6.45) is 0.781. The molecular weight excluding hydrogens is 539 g/mol. The molecule has 0 unspecified atom stereocenters. The Bertz CT molecular complexity index is 909. The van der Waals surface area contributed by atoms with Crippen LogP contribution in [0.5, 0.6) is 0 Å². The third kappa shape index (κ3) is 8.76. The van der Waals surface area contributed by atoms with Crippen LogP contribution in [-0.4, -0.2) is 48.2 Å².